The zero-order valence-electron chi connectivity index (χ0n) is 12.7. The van der Waals surface area contributed by atoms with Gasteiger partial charge in [-0.15, -0.1) is 0 Å². The highest BCUT2D eigenvalue weighted by Crippen LogP contribution is 2.32. The fourth-order valence-electron chi connectivity index (χ4n) is 1.78. The van der Waals surface area contributed by atoms with Crippen molar-refractivity contribution in [1.82, 2.24) is 4.98 Å². The first kappa shape index (κ1) is 17.9. The molecule has 1 aromatic heterocycles. The van der Waals surface area contributed by atoms with Gasteiger partial charge in [0.1, 0.15) is 0 Å². The highest BCUT2D eigenvalue weighted by molar-refractivity contribution is 6.32. The van der Waals surface area contributed by atoms with Gasteiger partial charge in [0.25, 0.3) is 0 Å². The number of nitrogens with zero attached hydrogens (tertiary/aromatic N) is 2. The van der Waals surface area contributed by atoms with Crippen LogP contribution in [0.3, 0.4) is 0 Å². The third-order valence-corrected chi connectivity index (χ3v) is 3.25. The van der Waals surface area contributed by atoms with Crippen molar-refractivity contribution in [3.63, 3.8) is 0 Å². The summed E-state index contributed by atoms with van der Waals surface area (Å²) in [4.78, 5) is 3.62. The number of nitrogens with one attached hydrogen (secondary N) is 1. The van der Waals surface area contributed by atoms with Crippen molar-refractivity contribution in [1.29, 1.82) is 0 Å². The predicted octanol–water partition coefficient (Wildman–Crippen LogP) is 4.22. The van der Waals surface area contributed by atoms with Crippen molar-refractivity contribution >= 4 is 23.6 Å². The standard InChI is InChI=1S/C15H13ClF3N3O2/c1-23-12-4-3-9(5-13(12)24-2)7-21-22-14-11(16)6-10(8-20-14)15(17,18)19/h3-8H,1-2H3,(H,20,22)/b21-7-. The van der Waals surface area contributed by atoms with E-state index in [9.17, 15) is 13.2 Å². The van der Waals surface area contributed by atoms with E-state index < -0.39 is 11.7 Å². The van der Waals surface area contributed by atoms with Crippen molar-refractivity contribution in [2.24, 2.45) is 5.10 Å². The summed E-state index contributed by atoms with van der Waals surface area (Å²) in [6, 6.07) is 5.90. The Morgan fingerprint density at radius 3 is 2.46 bits per heavy atom. The molecular weight excluding hydrogens is 347 g/mol. The van der Waals surface area contributed by atoms with Crippen LogP contribution in [0.25, 0.3) is 0 Å². The van der Waals surface area contributed by atoms with E-state index in [1.54, 1.807) is 18.2 Å². The molecule has 9 heteroatoms. The maximum absolute atomic E-state index is 12.5. The summed E-state index contributed by atoms with van der Waals surface area (Å²) in [5.41, 5.74) is 2.25. The van der Waals surface area contributed by atoms with E-state index in [0.29, 0.717) is 23.3 Å². The topological polar surface area (TPSA) is 55.7 Å². The summed E-state index contributed by atoms with van der Waals surface area (Å²) in [7, 11) is 3.02. The Kier molecular flexibility index (Phi) is 5.50. The van der Waals surface area contributed by atoms with E-state index in [1.807, 2.05) is 0 Å². The molecule has 0 unspecified atom stereocenters. The van der Waals surface area contributed by atoms with Gasteiger partial charge in [-0.2, -0.15) is 18.3 Å². The number of alkyl halides is 3. The van der Waals surface area contributed by atoms with Gasteiger partial charge in [0, 0.05) is 6.20 Å². The fraction of sp³-hybridized carbons (Fsp3) is 0.200. The van der Waals surface area contributed by atoms with E-state index in [-0.39, 0.29) is 10.8 Å². The number of benzene rings is 1. The molecule has 0 bridgehead atoms. The first-order valence-corrected chi connectivity index (χ1v) is 6.96. The molecule has 5 nitrogen and oxygen atoms in total. The average Bonchev–Trinajstić information content (AvgIpc) is 2.55. The number of pyridine rings is 1. The second-order valence-electron chi connectivity index (χ2n) is 4.54. The number of hydrogen-bond acceptors (Lipinski definition) is 5. The highest BCUT2D eigenvalue weighted by atomic mass is 35.5. The van der Waals surface area contributed by atoms with Crippen LogP contribution in [0.1, 0.15) is 11.1 Å². The molecular formula is C15H13ClF3N3O2. The van der Waals surface area contributed by atoms with Gasteiger partial charge in [-0.3, -0.25) is 5.43 Å². The molecule has 0 aliphatic carbocycles. The second kappa shape index (κ2) is 7.39. The largest absolute Gasteiger partial charge is 0.493 e. The van der Waals surface area contributed by atoms with Gasteiger partial charge in [-0.25, -0.2) is 4.98 Å². The van der Waals surface area contributed by atoms with Crippen LogP contribution in [0.5, 0.6) is 11.5 Å². The summed E-state index contributed by atoms with van der Waals surface area (Å²) >= 11 is 5.77. The van der Waals surface area contributed by atoms with Crippen LogP contribution in [0.4, 0.5) is 19.0 Å². The van der Waals surface area contributed by atoms with Crippen LogP contribution in [-0.4, -0.2) is 25.4 Å². The minimum absolute atomic E-state index is 0.0152. The molecule has 0 saturated carbocycles. The Morgan fingerprint density at radius 1 is 1.17 bits per heavy atom. The lowest BCUT2D eigenvalue weighted by molar-refractivity contribution is -0.137. The van der Waals surface area contributed by atoms with E-state index in [4.69, 9.17) is 21.1 Å². The van der Waals surface area contributed by atoms with Gasteiger partial charge >= 0.3 is 6.18 Å². The van der Waals surface area contributed by atoms with Gasteiger partial charge in [-0.05, 0) is 29.8 Å². The van der Waals surface area contributed by atoms with Gasteiger partial charge in [-0.1, -0.05) is 11.6 Å². The lowest BCUT2D eigenvalue weighted by Crippen LogP contribution is -2.06. The van der Waals surface area contributed by atoms with Crippen molar-refractivity contribution in [2.45, 2.75) is 6.18 Å². The SMILES string of the molecule is COc1ccc(/C=N\Nc2ncc(C(F)(F)F)cc2Cl)cc1OC. The Bertz CT molecular complexity index is 751. The number of ether oxygens (including phenoxy) is 2. The fourth-order valence-corrected chi connectivity index (χ4v) is 1.98. The number of hydrazone groups is 1. The van der Waals surface area contributed by atoms with Crippen LogP contribution in [0.2, 0.25) is 5.02 Å². The highest BCUT2D eigenvalue weighted by Gasteiger charge is 2.31. The predicted molar refractivity (Wildman–Crippen MR) is 85.0 cm³/mol. The van der Waals surface area contributed by atoms with Crippen LogP contribution < -0.4 is 14.9 Å². The van der Waals surface area contributed by atoms with Crippen molar-refractivity contribution in [3.05, 3.63) is 46.6 Å². The smallest absolute Gasteiger partial charge is 0.417 e. The summed E-state index contributed by atoms with van der Waals surface area (Å²) in [5.74, 6) is 1.10. The molecule has 0 fully saturated rings. The molecule has 2 aromatic rings. The molecule has 1 heterocycles. The molecule has 2 rings (SSSR count). The van der Waals surface area contributed by atoms with Gasteiger partial charge in [0.15, 0.2) is 17.3 Å². The monoisotopic (exact) mass is 359 g/mol. The molecule has 0 atom stereocenters. The van der Waals surface area contributed by atoms with E-state index >= 15 is 0 Å². The average molecular weight is 360 g/mol. The lowest BCUT2D eigenvalue weighted by Gasteiger charge is -2.09. The summed E-state index contributed by atoms with van der Waals surface area (Å²) in [6.07, 6.45) is -2.38. The molecule has 0 aliphatic heterocycles. The minimum Gasteiger partial charge on any atom is -0.493 e. The molecule has 0 saturated heterocycles. The molecule has 1 aromatic carbocycles. The third kappa shape index (κ3) is 4.29. The lowest BCUT2D eigenvalue weighted by atomic mass is 10.2. The maximum atomic E-state index is 12.5. The number of methoxy groups -OCH3 is 2. The van der Waals surface area contributed by atoms with Crippen molar-refractivity contribution in [3.8, 4) is 11.5 Å². The Morgan fingerprint density at radius 2 is 1.88 bits per heavy atom. The quantitative estimate of drug-likeness (QED) is 0.641. The summed E-state index contributed by atoms with van der Waals surface area (Å²) < 4.78 is 47.9. The van der Waals surface area contributed by atoms with Crippen LogP contribution >= 0.6 is 11.6 Å². The molecule has 128 valence electrons. The molecule has 0 spiro atoms. The van der Waals surface area contributed by atoms with Crippen molar-refractivity contribution < 1.29 is 22.6 Å². The first-order chi connectivity index (χ1) is 11.3. The number of halogens is 4. The summed E-state index contributed by atoms with van der Waals surface area (Å²) in [5, 5.41) is 3.71. The maximum Gasteiger partial charge on any atom is 0.417 e. The zero-order chi connectivity index (χ0) is 17.7. The number of anilines is 1. The van der Waals surface area contributed by atoms with E-state index in [2.05, 4.69) is 15.5 Å². The number of hydrogen-bond donors (Lipinski definition) is 1. The Labute approximate surface area is 141 Å². The molecule has 24 heavy (non-hydrogen) atoms. The Hall–Kier alpha value is -2.48. The zero-order valence-corrected chi connectivity index (χ0v) is 13.4. The van der Waals surface area contributed by atoms with Crippen LogP contribution in [-0.2, 0) is 6.18 Å². The van der Waals surface area contributed by atoms with Gasteiger partial charge in [0.05, 0.1) is 31.0 Å². The second-order valence-corrected chi connectivity index (χ2v) is 4.94. The van der Waals surface area contributed by atoms with Crippen molar-refractivity contribution in [2.75, 3.05) is 19.6 Å². The third-order valence-electron chi connectivity index (χ3n) is 2.96. The molecule has 1 N–H and O–H groups in total. The van der Waals surface area contributed by atoms with Gasteiger partial charge in [0.2, 0.25) is 0 Å². The molecule has 0 aliphatic rings. The van der Waals surface area contributed by atoms with Gasteiger partial charge < -0.3 is 9.47 Å². The van der Waals surface area contributed by atoms with Crippen LogP contribution in [0, 0.1) is 0 Å². The molecule has 0 radical (unpaired) electrons. The normalized spacial score (nSPS) is 11.6. The first-order valence-electron chi connectivity index (χ1n) is 6.59. The number of rotatable bonds is 5. The molecule has 0 amide bonds. The summed E-state index contributed by atoms with van der Waals surface area (Å²) in [6.45, 7) is 0. The van der Waals surface area contributed by atoms with E-state index in [1.165, 1.54) is 20.4 Å². The minimum atomic E-state index is -4.50. The Balaban J connectivity index is 2.12. The van der Waals surface area contributed by atoms with E-state index in [0.717, 1.165) is 6.07 Å². The number of aromatic nitrogens is 1. The van der Waals surface area contributed by atoms with Crippen LogP contribution in [0.15, 0.2) is 35.6 Å².